The number of nitro benzene ring substituents is 1. The number of nitriles is 2. The van der Waals surface area contributed by atoms with E-state index in [-0.39, 0.29) is 23.5 Å². The van der Waals surface area contributed by atoms with Gasteiger partial charge in [-0.15, -0.1) is 5.11 Å². The zero-order valence-electron chi connectivity index (χ0n) is 14.6. The van der Waals surface area contributed by atoms with Gasteiger partial charge in [0.05, 0.1) is 39.7 Å². The summed E-state index contributed by atoms with van der Waals surface area (Å²) < 4.78 is 0.296. The zero-order chi connectivity index (χ0) is 20.5. The van der Waals surface area contributed by atoms with Crippen molar-refractivity contribution in [1.82, 2.24) is 0 Å². The van der Waals surface area contributed by atoms with Crippen LogP contribution in [-0.2, 0) is 0 Å². The van der Waals surface area contributed by atoms with Crippen LogP contribution in [0.25, 0.3) is 0 Å². The van der Waals surface area contributed by atoms with Crippen molar-refractivity contribution < 1.29 is 10.0 Å². The Morgan fingerprint density at radius 2 is 1.89 bits per heavy atom. The van der Waals surface area contributed by atoms with Crippen molar-refractivity contribution >= 4 is 38.7 Å². The van der Waals surface area contributed by atoms with Gasteiger partial charge in [0, 0.05) is 30.9 Å². The van der Waals surface area contributed by atoms with Crippen molar-refractivity contribution in [3.63, 3.8) is 0 Å². The molecule has 0 aromatic heterocycles. The molecule has 0 unspecified atom stereocenters. The first-order valence-electron chi connectivity index (χ1n) is 8.12. The second kappa shape index (κ2) is 10.1. The summed E-state index contributed by atoms with van der Waals surface area (Å²) in [7, 11) is 0. The van der Waals surface area contributed by atoms with Crippen LogP contribution in [0.15, 0.2) is 51.1 Å². The van der Waals surface area contributed by atoms with E-state index in [9.17, 15) is 15.4 Å². The highest BCUT2D eigenvalue weighted by molar-refractivity contribution is 9.10. The molecule has 2 rings (SSSR count). The molecule has 0 spiro atoms. The molecule has 0 radical (unpaired) electrons. The van der Waals surface area contributed by atoms with Gasteiger partial charge in [-0.25, -0.2) is 0 Å². The van der Waals surface area contributed by atoms with E-state index in [1.165, 1.54) is 6.07 Å². The largest absolute Gasteiger partial charge is 0.395 e. The van der Waals surface area contributed by atoms with Gasteiger partial charge >= 0.3 is 0 Å². The number of azo groups is 1. The zero-order valence-corrected chi connectivity index (χ0v) is 16.2. The van der Waals surface area contributed by atoms with Crippen LogP contribution in [0.1, 0.15) is 12.0 Å². The summed E-state index contributed by atoms with van der Waals surface area (Å²) in [6, 6.07) is 13.4. The first kappa shape index (κ1) is 21.0. The summed E-state index contributed by atoms with van der Waals surface area (Å²) in [5.41, 5.74) is 1.37. The lowest BCUT2D eigenvalue weighted by molar-refractivity contribution is -0.384. The highest BCUT2D eigenvalue weighted by atomic mass is 79.9. The minimum atomic E-state index is -0.588. The van der Waals surface area contributed by atoms with E-state index in [0.717, 1.165) is 11.8 Å². The normalized spacial score (nSPS) is 10.4. The van der Waals surface area contributed by atoms with Crippen molar-refractivity contribution in [3.8, 4) is 12.1 Å². The highest BCUT2D eigenvalue weighted by Crippen LogP contribution is 2.34. The van der Waals surface area contributed by atoms with Gasteiger partial charge < -0.3 is 10.0 Å². The Labute approximate surface area is 169 Å². The number of nitro groups is 1. The van der Waals surface area contributed by atoms with E-state index in [0.29, 0.717) is 29.7 Å². The molecule has 0 amide bonds. The first-order chi connectivity index (χ1) is 13.5. The fourth-order valence-electron chi connectivity index (χ4n) is 2.39. The molecule has 0 heterocycles. The first-order valence-corrected chi connectivity index (χ1v) is 8.92. The molecule has 28 heavy (non-hydrogen) atoms. The standard InChI is InChI=1S/C18H15BrN6O3/c19-17-11-16(25(27)28)10-13(12-21)18(17)23-22-14-2-4-15(5-3-14)24(8-9-26)7-1-6-20/h2-5,10-11,26H,1,7-9H2. The van der Waals surface area contributed by atoms with Crippen LogP contribution < -0.4 is 4.90 Å². The summed E-state index contributed by atoms with van der Waals surface area (Å²) in [5, 5.41) is 46.1. The number of halogens is 1. The van der Waals surface area contributed by atoms with Crippen LogP contribution in [0.2, 0.25) is 0 Å². The minimum Gasteiger partial charge on any atom is -0.395 e. The Hall–Kier alpha value is -3.34. The van der Waals surface area contributed by atoms with Crippen LogP contribution in [0, 0.1) is 32.8 Å². The molecule has 0 saturated heterocycles. The number of anilines is 1. The average Bonchev–Trinajstić information content (AvgIpc) is 2.70. The van der Waals surface area contributed by atoms with Gasteiger partial charge in [-0.05, 0) is 40.2 Å². The molecule has 142 valence electrons. The maximum atomic E-state index is 10.9. The van der Waals surface area contributed by atoms with Crippen molar-refractivity contribution in [3.05, 3.63) is 56.5 Å². The summed E-state index contributed by atoms with van der Waals surface area (Å²) >= 11 is 3.19. The number of aliphatic hydroxyl groups excluding tert-OH is 1. The predicted octanol–water partition coefficient (Wildman–Crippen LogP) is 4.36. The van der Waals surface area contributed by atoms with Crippen LogP contribution in [-0.4, -0.2) is 29.7 Å². The number of hydrogen-bond acceptors (Lipinski definition) is 8. The van der Waals surface area contributed by atoms with Crippen LogP contribution in [0.4, 0.5) is 22.7 Å². The van der Waals surface area contributed by atoms with Gasteiger partial charge in [-0.2, -0.15) is 15.6 Å². The number of nitrogens with zero attached hydrogens (tertiary/aromatic N) is 6. The quantitative estimate of drug-likeness (QED) is 0.365. The molecule has 0 aliphatic carbocycles. The lowest BCUT2D eigenvalue weighted by atomic mass is 10.2. The third-order valence-electron chi connectivity index (χ3n) is 3.72. The predicted molar refractivity (Wildman–Crippen MR) is 106 cm³/mol. The van der Waals surface area contributed by atoms with Gasteiger partial charge in [-0.3, -0.25) is 10.1 Å². The van der Waals surface area contributed by atoms with Gasteiger partial charge in [0.15, 0.2) is 0 Å². The fourth-order valence-corrected chi connectivity index (χ4v) is 2.92. The maximum Gasteiger partial charge on any atom is 0.272 e. The molecule has 0 atom stereocenters. The lowest BCUT2D eigenvalue weighted by Gasteiger charge is -2.22. The van der Waals surface area contributed by atoms with E-state index in [1.807, 2.05) is 11.0 Å². The minimum absolute atomic E-state index is 0.0298. The van der Waals surface area contributed by atoms with Crippen molar-refractivity contribution in [2.75, 3.05) is 24.6 Å². The molecule has 2 aromatic carbocycles. The molecule has 2 aromatic rings. The van der Waals surface area contributed by atoms with Crippen molar-refractivity contribution in [2.45, 2.75) is 6.42 Å². The van der Waals surface area contributed by atoms with E-state index >= 15 is 0 Å². The summed E-state index contributed by atoms with van der Waals surface area (Å²) in [5.74, 6) is 0. The molecule has 1 N–H and O–H groups in total. The molecule has 0 fully saturated rings. The number of hydrogen-bond donors (Lipinski definition) is 1. The Morgan fingerprint density at radius 1 is 1.18 bits per heavy atom. The average molecular weight is 443 g/mol. The van der Waals surface area contributed by atoms with E-state index in [4.69, 9.17) is 10.4 Å². The highest BCUT2D eigenvalue weighted by Gasteiger charge is 2.15. The monoisotopic (exact) mass is 442 g/mol. The van der Waals surface area contributed by atoms with Gasteiger partial charge in [0.1, 0.15) is 11.8 Å². The van der Waals surface area contributed by atoms with Crippen molar-refractivity contribution in [2.24, 2.45) is 10.2 Å². The Balaban J connectivity index is 2.25. The number of benzene rings is 2. The van der Waals surface area contributed by atoms with Crippen LogP contribution in [0.5, 0.6) is 0 Å². The number of non-ortho nitro benzene ring substituents is 1. The third-order valence-corrected chi connectivity index (χ3v) is 4.33. The van der Waals surface area contributed by atoms with Gasteiger partial charge in [0.25, 0.3) is 5.69 Å². The van der Waals surface area contributed by atoms with E-state index in [2.05, 4.69) is 32.2 Å². The maximum absolute atomic E-state index is 10.9. The smallest absolute Gasteiger partial charge is 0.272 e. The Kier molecular flexibility index (Phi) is 7.57. The molecule has 0 bridgehead atoms. The number of aliphatic hydroxyl groups is 1. The van der Waals surface area contributed by atoms with Crippen LogP contribution in [0.3, 0.4) is 0 Å². The Bertz CT molecular complexity index is 963. The lowest BCUT2D eigenvalue weighted by Crippen LogP contribution is -2.27. The second-order valence-corrected chi connectivity index (χ2v) is 6.38. The fraction of sp³-hybridized carbons (Fsp3) is 0.222. The van der Waals surface area contributed by atoms with Crippen molar-refractivity contribution in [1.29, 1.82) is 10.5 Å². The molecule has 0 saturated carbocycles. The summed E-state index contributed by atoms with van der Waals surface area (Å²) in [4.78, 5) is 12.2. The third kappa shape index (κ3) is 5.33. The van der Waals surface area contributed by atoms with E-state index < -0.39 is 4.92 Å². The molecule has 10 heteroatoms. The van der Waals surface area contributed by atoms with Gasteiger partial charge in [-0.1, -0.05) is 0 Å². The molecular formula is C18H15BrN6O3. The van der Waals surface area contributed by atoms with Gasteiger partial charge in [0.2, 0.25) is 0 Å². The van der Waals surface area contributed by atoms with E-state index in [1.54, 1.807) is 24.3 Å². The summed E-state index contributed by atoms with van der Waals surface area (Å²) in [6.07, 6.45) is 0.340. The number of rotatable bonds is 8. The molecule has 9 nitrogen and oxygen atoms in total. The molecule has 0 aliphatic rings. The molecule has 0 aliphatic heterocycles. The van der Waals surface area contributed by atoms with Crippen LogP contribution >= 0.6 is 15.9 Å². The molecular weight excluding hydrogens is 428 g/mol. The Morgan fingerprint density at radius 3 is 2.46 bits per heavy atom. The topological polar surface area (TPSA) is 139 Å². The summed E-state index contributed by atoms with van der Waals surface area (Å²) in [6.45, 7) is 0.876. The SMILES string of the molecule is N#CCCN(CCO)c1ccc(N=Nc2c(Br)cc([N+](=O)[O-])cc2C#N)cc1. The second-order valence-electron chi connectivity index (χ2n) is 5.53.